The lowest BCUT2D eigenvalue weighted by atomic mass is 10.2. The Morgan fingerprint density at radius 2 is 2.41 bits per heavy atom. The molecule has 2 unspecified atom stereocenters. The molecule has 0 aromatic carbocycles. The lowest BCUT2D eigenvalue weighted by Crippen LogP contribution is -2.20. The summed E-state index contributed by atoms with van der Waals surface area (Å²) >= 11 is 1.87. The highest BCUT2D eigenvalue weighted by molar-refractivity contribution is 7.99. The minimum Gasteiger partial charge on any atom is -0.377 e. The fourth-order valence-corrected chi connectivity index (χ4v) is 2.86. The number of thioether (sulfide) groups is 1. The van der Waals surface area contributed by atoms with Crippen molar-refractivity contribution in [1.29, 1.82) is 0 Å². The molecular weight excluding hydrogens is 238 g/mol. The molecule has 1 saturated heterocycles. The van der Waals surface area contributed by atoms with E-state index in [0.717, 1.165) is 6.42 Å². The second-order valence-corrected chi connectivity index (χ2v) is 5.79. The molecule has 5 nitrogen and oxygen atoms in total. The van der Waals surface area contributed by atoms with Crippen LogP contribution in [0.2, 0.25) is 0 Å². The number of nitrogens with two attached hydrogens (primary N) is 1. The van der Waals surface area contributed by atoms with Gasteiger partial charge in [0.15, 0.2) is 5.82 Å². The van der Waals surface area contributed by atoms with E-state index >= 15 is 0 Å². The van der Waals surface area contributed by atoms with Crippen LogP contribution in [0.5, 0.6) is 0 Å². The third-order valence-electron chi connectivity index (χ3n) is 2.60. The molecule has 1 fully saturated rings. The normalized spacial score (nSPS) is 22.2. The lowest BCUT2D eigenvalue weighted by molar-refractivity contribution is 0.0665. The van der Waals surface area contributed by atoms with Gasteiger partial charge in [0.1, 0.15) is 0 Å². The van der Waals surface area contributed by atoms with Crippen LogP contribution in [-0.4, -0.2) is 28.6 Å². The Kier molecular flexibility index (Phi) is 4.42. The van der Waals surface area contributed by atoms with Crippen LogP contribution in [0.15, 0.2) is 4.52 Å². The first-order chi connectivity index (χ1) is 8.16. The largest absolute Gasteiger partial charge is 0.377 e. The van der Waals surface area contributed by atoms with Crippen LogP contribution in [-0.2, 0) is 4.74 Å². The molecule has 0 spiro atoms. The van der Waals surface area contributed by atoms with Crippen LogP contribution >= 0.6 is 11.8 Å². The number of hydrogen-bond acceptors (Lipinski definition) is 6. The quantitative estimate of drug-likeness (QED) is 0.870. The van der Waals surface area contributed by atoms with E-state index in [0.29, 0.717) is 23.6 Å². The predicted molar refractivity (Wildman–Crippen MR) is 66.7 cm³/mol. The van der Waals surface area contributed by atoms with E-state index in [1.807, 2.05) is 25.6 Å². The summed E-state index contributed by atoms with van der Waals surface area (Å²) < 4.78 is 10.7. The van der Waals surface area contributed by atoms with Crippen LogP contribution < -0.4 is 5.73 Å². The van der Waals surface area contributed by atoms with Crippen LogP contribution in [0.3, 0.4) is 0 Å². The molecule has 2 N–H and O–H groups in total. The van der Waals surface area contributed by atoms with Gasteiger partial charge in [-0.3, -0.25) is 0 Å². The summed E-state index contributed by atoms with van der Waals surface area (Å²) in [5, 5.41) is 4.29. The van der Waals surface area contributed by atoms with Crippen LogP contribution in [0.25, 0.3) is 0 Å². The Labute approximate surface area is 105 Å². The maximum absolute atomic E-state index is 5.94. The van der Waals surface area contributed by atoms with Gasteiger partial charge in [-0.05, 0) is 32.4 Å². The maximum atomic E-state index is 5.94. The van der Waals surface area contributed by atoms with E-state index in [1.54, 1.807) is 0 Å². The molecule has 17 heavy (non-hydrogen) atoms. The highest BCUT2D eigenvalue weighted by atomic mass is 32.2. The number of aromatic nitrogens is 2. The zero-order valence-electron chi connectivity index (χ0n) is 10.3. The average molecular weight is 257 g/mol. The van der Waals surface area contributed by atoms with E-state index in [9.17, 15) is 0 Å². The van der Waals surface area contributed by atoms with Crippen molar-refractivity contribution >= 4 is 11.8 Å². The van der Waals surface area contributed by atoms with Gasteiger partial charge < -0.3 is 15.0 Å². The van der Waals surface area contributed by atoms with Crippen molar-refractivity contribution in [3.63, 3.8) is 0 Å². The number of ether oxygens (including phenoxy) is 1. The molecule has 2 rings (SSSR count). The van der Waals surface area contributed by atoms with Gasteiger partial charge in [0, 0.05) is 0 Å². The molecule has 0 radical (unpaired) electrons. The molecule has 96 valence electrons. The topological polar surface area (TPSA) is 74.2 Å². The van der Waals surface area contributed by atoms with E-state index in [1.165, 1.54) is 12.2 Å². The predicted octanol–water partition coefficient (Wildman–Crippen LogP) is 2.06. The van der Waals surface area contributed by atoms with E-state index in [-0.39, 0.29) is 12.1 Å². The summed E-state index contributed by atoms with van der Waals surface area (Å²) in [5.74, 6) is 2.43. The highest BCUT2D eigenvalue weighted by Gasteiger charge is 2.25. The van der Waals surface area contributed by atoms with Crippen LogP contribution in [0, 0.1) is 0 Å². The molecule has 1 aromatic rings. The van der Waals surface area contributed by atoms with Crippen LogP contribution in [0.1, 0.15) is 49.7 Å². The second-order valence-electron chi connectivity index (χ2n) is 4.48. The fraction of sp³-hybridized carbons (Fsp3) is 0.818. The third-order valence-corrected chi connectivity index (χ3v) is 3.97. The maximum Gasteiger partial charge on any atom is 0.239 e. The minimum absolute atomic E-state index is 0.165. The fourth-order valence-electron chi connectivity index (χ4n) is 1.67. The Bertz CT molecular complexity index is 350. The summed E-state index contributed by atoms with van der Waals surface area (Å²) in [6.07, 6.45) is 2.50. The van der Waals surface area contributed by atoms with Crippen molar-refractivity contribution in [2.24, 2.45) is 5.73 Å². The van der Waals surface area contributed by atoms with Gasteiger partial charge >= 0.3 is 0 Å². The first-order valence-corrected chi connectivity index (χ1v) is 7.04. The van der Waals surface area contributed by atoms with Gasteiger partial charge in [0.2, 0.25) is 5.89 Å². The van der Waals surface area contributed by atoms with Crippen molar-refractivity contribution in [3.05, 3.63) is 11.7 Å². The average Bonchev–Trinajstić information content (AvgIpc) is 2.94. The summed E-state index contributed by atoms with van der Waals surface area (Å²) in [7, 11) is 0. The number of nitrogens with zero attached hydrogens (tertiary/aromatic N) is 2. The summed E-state index contributed by atoms with van der Waals surface area (Å²) in [5.41, 5.74) is 5.94. The van der Waals surface area contributed by atoms with Crippen molar-refractivity contribution in [2.45, 2.75) is 44.1 Å². The molecule has 0 aliphatic carbocycles. The number of rotatable bonds is 5. The monoisotopic (exact) mass is 257 g/mol. The second kappa shape index (κ2) is 5.84. The number of hydrogen-bond donors (Lipinski definition) is 1. The van der Waals surface area contributed by atoms with E-state index in [2.05, 4.69) is 10.1 Å². The smallest absolute Gasteiger partial charge is 0.239 e. The van der Waals surface area contributed by atoms with Crippen molar-refractivity contribution in [1.82, 2.24) is 10.1 Å². The van der Waals surface area contributed by atoms with Gasteiger partial charge in [0.25, 0.3) is 0 Å². The Morgan fingerprint density at radius 3 is 3.06 bits per heavy atom. The minimum atomic E-state index is -0.304. The highest BCUT2D eigenvalue weighted by Crippen LogP contribution is 2.38. The molecule has 0 bridgehead atoms. The Balaban J connectivity index is 1.92. The van der Waals surface area contributed by atoms with Crippen molar-refractivity contribution in [3.8, 4) is 0 Å². The SMILES string of the molecule is CC(C)OCC(N)c1noc(C2CCCS2)n1. The first kappa shape index (κ1) is 12.9. The molecule has 2 atom stereocenters. The van der Waals surface area contributed by atoms with Gasteiger partial charge in [-0.25, -0.2) is 0 Å². The van der Waals surface area contributed by atoms with E-state index < -0.39 is 0 Å². The van der Waals surface area contributed by atoms with Gasteiger partial charge in [-0.1, -0.05) is 5.16 Å². The molecule has 0 saturated carbocycles. The zero-order chi connectivity index (χ0) is 12.3. The van der Waals surface area contributed by atoms with Crippen molar-refractivity contribution < 1.29 is 9.26 Å². The Hall–Kier alpha value is -0.590. The lowest BCUT2D eigenvalue weighted by Gasteiger charge is -2.10. The standard InChI is InChI=1S/C11H19N3O2S/c1-7(2)15-6-8(12)10-13-11(16-14-10)9-4-3-5-17-9/h7-9H,3-6,12H2,1-2H3. The zero-order valence-corrected chi connectivity index (χ0v) is 11.1. The van der Waals surface area contributed by atoms with E-state index in [4.69, 9.17) is 15.0 Å². The van der Waals surface area contributed by atoms with Crippen molar-refractivity contribution in [2.75, 3.05) is 12.4 Å². The van der Waals surface area contributed by atoms with Gasteiger partial charge in [0.05, 0.1) is 24.0 Å². The summed E-state index contributed by atoms with van der Waals surface area (Å²) in [4.78, 5) is 4.37. The molecule has 1 aliphatic heterocycles. The molecule has 1 aliphatic rings. The van der Waals surface area contributed by atoms with Gasteiger partial charge in [-0.15, -0.1) is 11.8 Å². The third kappa shape index (κ3) is 3.43. The summed E-state index contributed by atoms with van der Waals surface area (Å²) in [6.45, 7) is 4.38. The Morgan fingerprint density at radius 1 is 1.59 bits per heavy atom. The van der Waals surface area contributed by atoms with Crippen LogP contribution in [0.4, 0.5) is 0 Å². The molecule has 6 heteroatoms. The first-order valence-electron chi connectivity index (χ1n) is 5.99. The molecule has 1 aromatic heterocycles. The molecular formula is C11H19N3O2S. The summed E-state index contributed by atoms with van der Waals surface area (Å²) in [6, 6.07) is -0.304. The van der Waals surface area contributed by atoms with Gasteiger partial charge in [-0.2, -0.15) is 4.98 Å². The molecule has 2 heterocycles. The molecule has 0 amide bonds.